The van der Waals surface area contributed by atoms with Gasteiger partial charge in [0.2, 0.25) is 0 Å². The zero-order valence-corrected chi connectivity index (χ0v) is 17.9. The van der Waals surface area contributed by atoms with E-state index < -0.39 is 0 Å². The first-order valence-corrected chi connectivity index (χ1v) is 10.9. The third-order valence-electron chi connectivity index (χ3n) is 5.60. The Morgan fingerprint density at radius 1 is 1.28 bits per heavy atom. The first-order chi connectivity index (χ1) is 14.1. The molecule has 154 valence electrons. The quantitative estimate of drug-likeness (QED) is 0.574. The number of likely N-dealkylation sites (N-methyl/N-ethyl adjacent to an activating group) is 1. The van der Waals surface area contributed by atoms with E-state index >= 15 is 0 Å². The van der Waals surface area contributed by atoms with Crippen molar-refractivity contribution in [2.24, 2.45) is 5.92 Å². The van der Waals surface area contributed by atoms with Crippen molar-refractivity contribution >= 4 is 33.2 Å². The van der Waals surface area contributed by atoms with Crippen LogP contribution in [0.3, 0.4) is 0 Å². The normalized spacial score (nSPS) is 16.4. The highest BCUT2D eigenvalue weighted by Gasteiger charge is 2.22. The van der Waals surface area contributed by atoms with Gasteiger partial charge in [0.1, 0.15) is 0 Å². The van der Waals surface area contributed by atoms with E-state index in [1.165, 1.54) is 22.3 Å². The van der Waals surface area contributed by atoms with Gasteiger partial charge in [0, 0.05) is 63.4 Å². The average molecular weight is 413 g/mol. The lowest BCUT2D eigenvalue weighted by atomic mass is 9.94. The molecule has 0 radical (unpaired) electrons. The van der Waals surface area contributed by atoms with Crippen molar-refractivity contribution < 1.29 is 9.53 Å². The van der Waals surface area contributed by atoms with Gasteiger partial charge in [-0.25, -0.2) is 4.98 Å². The van der Waals surface area contributed by atoms with Gasteiger partial charge >= 0.3 is 0 Å². The fourth-order valence-electron chi connectivity index (χ4n) is 3.94. The number of hydrogen-bond donors (Lipinski definition) is 1. The molecule has 0 aliphatic carbocycles. The number of piperazine rings is 1. The second kappa shape index (κ2) is 9.07. The van der Waals surface area contributed by atoms with Crippen molar-refractivity contribution in [2.75, 3.05) is 51.8 Å². The Labute approximate surface area is 175 Å². The number of aromatic nitrogens is 2. The number of ether oxygens (including phenoxy) is 1. The minimum atomic E-state index is 0.140. The van der Waals surface area contributed by atoms with E-state index in [1.807, 2.05) is 12.1 Å². The maximum absolute atomic E-state index is 13.0. The van der Waals surface area contributed by atoms with Crippen LogP contribution in [0.5, 0.6) is 0 Å². The lowest BCUT2D eigenvalue weighted by Gasteiger charge is -2.32. The number of benzene rings is 1. The van der Waals surface area contributed by atoms with Gasteiger partial charge in [0.05, 0.1) is 11.1 Å². The monoisotopic (exact) mass is 412 g/mol. The summed E-state index contributed by atoms with van der Waals surface area (Å²) in [6.07, 6.45) is 5.08. The van der Waals surface area contributed by atoms with Crippen LogP contribution in [0.15, 0.2) is 36.7 Å². The van der Waals surface area contributed by atoms with Crippen LogP contribution in [0.2, 0.25) is 0 Å². The molecule has 1 aromatic carbocycles. The third kappa shape index (κ3) is 4.69. The van der Waals surface area contributed by atoms with Gasteiger partial charge < -0.3 is 19.5 Å². The number of nitrogens with zero attached hydrogens (tertiary/aromatic N) is 3. The van der Waals surface area contributed by atoms with Crippen molar-refractivity contribution in [3.05, 3.63) is 47.1 Å². The van der Waals surface area contributed by atoms with E-state index in [2.05, 4.69) is 45.1 Å². The Morgan fingerprint density at radius 2 is 2.07 bits per heavy atom. The van der Waals surface area contributed by atoms with Gasteiger partial charge in [-0.2, -0.15) is 0 Å². The molecule has 0 saturated carbocycles. The minimum Gasteiger partial charge on any atom is -0.384 e. The number of para-hydroxylation sites is 1. The van der Waals surface area contributed by atoms with Crippen LogP contribution in [-0.2, 0) is 11.2 Å². The summed E-state index contributed by atoms with van der Waals surface area (Å²) in [6.45, 7) is 4.55. The largest absolute Gasteiger partial charge is 0.384 e. The molecule has 2 aromatic heterocycles. The molecule has 1 fully saturated rings. The van der Waals surface area contributed by atoms with E-state index in [0.29, 0.717) is 13.0 Å². The van der Waals surface area contributed by atoms with E-state index in [1.54, 1.807) is 13.3 Å². The van der Waals surface area contributed by atoms with Gasteiger partial charge in [-0.3, -0.25) is 4.79 Å². The van der Waals surface area contributed by atoms with E-state index in [0.717, 1.165) is 48.1 Å². The number of nitrogens with one attached hydrogen (secondary N) is 1. The minimum absolute atomic E-state index is 0.140. The molecule has 1 unspecified atom stereocenters. The number of carbonyl (C=O) groups is 1. The van der Waals surface area contributed by atoms with E-state index in [4.69, 9.17) is 4.74 Å². The molecule has 3 aromatic rings. The number of H-pyrrole nitrogens is 1. The number of ketones is 1. The predicted molar refractivity (Wildman–Crippen MR) is 118 cm³/mol. The topological polar surface area (TPSA) is 61.5 Å². The average Bonchev–Trinajstić information content (AvgIpc) is 3.37. The first kappa shape index (κ1) is 20.1. The molecule has 1 saturated heterocycles. The fraction of sp³-hybridized carbons (Fsp3) is 0.455. The molecule has 6 nitrogen and oxygen atoms in total. The molecule has 4 rings (SSSR count). The van der Waals surface area contributed by atoms with Gasteiger partial charge in [-0.05, 0) is 31.0 Å². The Kier molecular flexibility index (Phi) is 6.28. The summed E-state index contributed by atoms with van der Waals surface area (Å²) >= 11 is 1.52. The first-order valence-electron chi connectivity index (χ1n) is 10.1. The van der Waals surface area contributed by atoms with Crippen LogP contribution < -0.4 is 4.90 Å². The van der Waals surface area contributed by atoms with E-state index in [9.17, 15) is 4.79 Å². The molecule has 0 spiro atoms. The Morgan fingerprint density at radius 3 is 2.86 bits per heavy atom. The lowest BCUT2D eigenvalue weighted by Crippen LogP contribution is -2.44. The smallest absolute Gasteiger partial charge is 0.186 e. The Hall–Kier alpha value is -2.22. The number of anilines is 1. The molecule has 29 heavy (non-hydrogen) atoms. The highest BCUT2D eigenvalue weighted by Crippen LogP contribution is 2.27. The van der Waals surface area contributed by atoms with Crippen LogP contribution in [0.4, 0.5) is 5.13 Å². The maximum Gasteiger partial charge on any atom is 0.186 e. The second-order valence-electron chi connectivity index (χ2n) is 7.81. The number of aromatic amines is 1. The predicted octanol–water partition coefficient (Wildman–Crippen LogP) is 3.45. The molecule has 3 heterocycles. The van der Waals surface area contributed by atoms with Crippen LogP contribution in [0.1, 0.15) is 21.7 Å². The molecule has 0 bridgehead atoms. The molecule has 1 atom stereocenters. The Balaban J connectivity index is 1.42. The standard InChI is InChI=1S/C22H28N4O2S/c1-25-7-9-26(10-8-25)22-24-14-21(29-22)20(27)12-16(15-28-2)11-17-13-23-19-6-4-3-5-18(17)19/h3-6,13-14,16,23H,7-12,15H2,1-2H3. The Bertz CT molecular complexity index is 959. The summed E-state index contributed by atoms with van der Waals surface area (Å²) in [7, 11) is 3.84. The number of hydrogen-bond acceptors (Lipinski definition) is 6. The number of rotatable bonds is 8. The summed E-state index contributed by atoms with van der Waals surface area (Å²) < 4.78 is 5.42. The maximum atomic E-state index is 13.0. The van der Waals surface area contributed by atoms with Gasteiger partial charge in [0.15, 0.2) is 10.9 Å². The van der Waals surface area contributed by atoms with Crippen LogP contribution in [-0.4, -0.2) is 67.6 Å². The lowest BCUT2D eigenvalue weighted by molar-refractivity contribution is 0.0911. The van der Waals surface area contributed by atoms with Crippen molar-refractivity contribution in [1.29, 1.82) is 0 Å². The molecular weight excluding hydrogens is 384 g/mol. The van der Waals surface area contributed by atoms with Crippen LogP contribution >= 0.6 is 11.3 Å². The molecule has 0 amide bonds. The number of carbonyl (C=O) groups excluding carboxylic acids is 1. The number of methoxy groups -OCH3 is 1. The highest BCUT2D eigenvalue weighted by atomic mass is 32.1. The molecular formula is C22H28N4O2S. The molecule has 7 heteroatoms. The number of Topliss-reactive ketones (excluding diaryl/α,β-unsaturated/α-hetero) is 1. The fourth-order valence-corrected chi connectivity index (χ4v) is 4.85. The third-order valence-corrected chi connectivity index (χ3v) is 6.70. The number of thiazole rings is 1. The summed E-state index contributed by atoms with van der Waals surface area (Å²) in [6, 6.07) is 8.28. The highest BCUT2D eigenvalue weighted by molar-refractivity contribution is 7.17. The van der Waals surface area contributed by atoms with Crippen molar-refractivity contribution in [2.45, 2.75) is 12.8 Å². The van der Waals surface area contributed by atoms with Crippen molar-refractivity contribution in [3.8, 4) is 0 Å². The van der Waals surface area contributed by atoms with Crippen LogP contribution in [0.25, 0.3) is 10.9 Å². The molecule has 1 aliphatic rings. The van der Waals surface area contributed by atoms with Crippen molar-refractivity contribution in [1.82, 2.24) is 14.9 Å². The van der Waals surface area contributed by atoms with Gasteiger partial charge in [-0.15, -0.1) is 0 Å². The van der Waals surface area contributed by atoms with Gasteiger partial charge in [-0.1, -0.05) is 29.5 Å². The summed E-state index contributed by atoms with van der Waals surface area (Å²) in [4.78, 5) is 26.1. The zero-order valence-electron chi connectivity index (χ0n) is 17.1. The number of fused-ring (bicyclic) bond motifs is 1. The zero-order chi connectivity index (χ0) is 20.2. The SMILES string of the molecule is COCC(CC(=O)c1cnc(N2CCN(C)CC2)s1)Cc1c[nH]c2ccccc12. The summed E-state index contributed by atoms with van der Waals surface area (Å²) in [5.41, 5.74) is 2.36. The van der Waals surface area contributed by atoms with Crippen molar-refractivity contribution in [3.63, 3.8) is 0 Å². The summed E-state index contributed by atoms with van der Waals surface area (Å²) in [5.74, 6) is 0.297. The van der Waals surface area contributed by atoms with Crippen LogP contribution in [0, 0.1) is 5.92 Å². The van der Waals surface area contributed by atoms with E-state index in [-0.39, 0.29) is 11.7 Å². The molecule has 1 aliphatic heterocycles. The molecule has 1 N–H and O–H groups in total. The van der Waals surface area contributed by atoms with Gasteiger partial charge in [0.25, 0.3) is 0 Å². The second-order valence-corrected chi connectivity index (χ2v) is 8.82. The summed E-state index contributed by atoms with van der Waals surface area (Å²) in [5, 5.41) is 2.18.